The second-order valence-electron chi connectivity index (χ2n) is 9.00. The molecule has 0 spiro atoms. The van der Waals surface area contributed by atoms with Crippen LogP contribution in [0, 0.1) is 10.1 Å². The van der Waals surface area contributed by atoms with Crippen LogP contribution in [0.15, 0.2) is 30.3 Å². The minimum atomic E-state index is -0.370. The number of benzene rings is 2. The Hall–Kier alpha value is -3.14. The maximum absolute atomic E-state index is 11.8. The molecule has 2 aromatic carbocycles. The highest BCUT2D eigenvalue weighted by molar-refractivity contribution is 6.42. The smallest absolute Gasteiger partial charge is 0.282 e. The summed E-state index contributed by atoms with van der Waals surface area (Å²) in [4.78, 5) is 25.0. The first-order valence-corrected chi connectivity index (χ1v) is 12.9. The number of amides is 1. The maximum Gasteiger partial charge on any atom is 0.282 e. The van der Waals surface area contributed by atoms with E-state index in [1.54, 1.807) is 18.2 Å². The van der Waals surface area contributed by atoms with E-state index < -0.39 is 0 Å². The Morgan fingerprint density at radius 3 is 2.57 bits per heavy atom. The number of carbonyl (C=O) groups excluding carboxylic acids is 1. The van der Waals surface area contributed by atoms with Gasteiger partial charge in [-0.1, -0.05) is 23.2 Å². The van der Waals surface area contributed by atoms with E-state index in [1.807, 2.05) is 54.9 Å². The molecule has 0 saturated carbocycles. The van der Waals surface area contributed by atoms with Gasteiger partial charge in [-0.15, -0.1) is 0 Å². The van der Waals surface area contributed by atoms with E-state index in [1.165, 1.54) is 0 Å². The molecule has 11 heteroatoms. The Labute approximate surface area is 226 Å². The van der Waals surface area contributed by atoms with E-state index >= 15 is 0 Å². The van der Waals surface area contributed by atoms with Gasteiger partial charge in [0.15, 0.2) is 11.0 Å². The van der Waals surface area contributed by atoms with Crippen molar-refractivity contribution in [3.05, 3.63) is 61.9 Å². The van der Waals surface area contributed by atoms with Crippen LogP contribution < -0.4 is 20.5 Å². The van der Waals surface area contributed by atoms with Gasteiger partial charge >= 0.3 is 0 Å². The Morgan fingerprint density at radius 1 is 1.16 bits per heavy atom. The fourth-order valence-electron chi connectivity index (χ4n) is 4.18. The molecule has 3 rings (SSSR count). The summed E-state index contributed by atoms with van der Waals surface area (Å²) in [7, 11) is 5.61. The second-order valence-corrected chi connectivity index (χ2v) is 9.82. The van der Waals surface area contributed by atoms with Gasteiger partial charge in [0.05, 0.1) is 34.1 Å². The van der Waals surface area contributed by atoms with Crippen LogP contribution in [0.2, 0.25) is 10.0 Å². The van der Waals surface area contributed by atoms with Crippen molar-refractivity contribution in [2.45, 2.75) is 32.2 Å². The summed E-state index contributed by atoms with van der Waals surface area (Å²) in [5, 5.41) is 15.4. The van der Waals surface area contributed by atoms with Gasteiger partial charge in [0.25, 0.3) is 11.5 Å². The SMILES string of the molecule is CN(C)c1ccc(/C=C/c2n(CCCCCC(=O)NCCN)c3cc(Cl)c(Cl)cc3[n+]2C)c([N+](=O)[O-])c1. The Kier molecular flexibility index (Phi) is 9.91. The van der Waals surface area contributed by atoms with Crippen molar-refractivity contribution < 1.29 is 14.3 Å². The zero-order valence-electron chi connectivity index (χ0n) is 21.3. The van der Waals surface area contributed by atoms with Gasteiger partial charge in [-0.2, -0.15) is 0 Å². The molecular weight excluding hydrogens is 515 g/mol. The summed E-state index contributed by atoms with van der Waals surface area (Å²) in [5.74, 6) is 0.857. The maximum atomic E-state index is 11.8. The number of aryl methyl sites for hydroxylation is 2. The van der Waals surface area contributed by atoms with Crippen molar-refractivity contribution in [2.75, 3.05) is 32.1 Å². The van der Waals surface area contributed by atoms with Crippen molar-refractivity contribution in [1.29, 1.82) is 0 Å². The molecule has 0 bridgehead atoms. The third-order valence-corrected chi connectivity index (χ3v) is 6.90. The number of carbonyl (C=O) groups is 1. The van der Waals surface area contributed by atoms with E-state index in [0.29, 0.717) is 41.7 Å². The first kappa shape index (κ1) is 28.4. The topological polar surface area (TPSA) is 110 Å². The highest BCUT2D eigenvalue weighted by Gasteiger charge is 2.23. The molecule has 3 N–H and O–H groups in total. The number of halogens is 2. The highest BCUT2D eigenvalue weighted by Crippen LogP contribution is 2.30. The molecule has 0 aliphatic carbocycles. The molecule has 37 heavy (non-hydrogen) atoms. The Bertz CT molecular complexity index is 1320. The lowest BCUT2D eigenvalue weighted by atomic mass is 10.1. The third kappa shape index (κ3) is 7.00. The Balaban J connectivity index is 1.90. The molecule has 0 aliphatic heterocycles. The van der Waals surface area contributed by atoms with Gasteiger partial charge in [0.1, 0.15) is 0 Å². The molecule has 0 aliphatic rings. The number of hydrogen-bond acceptors (Lipinski definition) is 5. The van der Waals surface area contributed by atoms with E-state index in [0.717, 1.165) is 41.8 Å². The number of unbranched alkanes of at least 4 members (excludes halogenated alkanes) is 2. The van der Waals surface area contributed by atoms with Crippen LogP contribution in [-0.2, 0) is 18.4 Å². The summed E-state index contributed by atoms with van der Waals surface area (Å²) in [6.07, 6.45) is 6.56. The largest absolute Gasteiger partial charge is 0.377 e. The van der Waals surface area contributed by atoms with Crippen LogP contribution in [0.25, 0.3) is 23.2 Å². The molecule has 1 aromatic heterocycles. The average molecular weight is 548 g/mol. The van der Waals surface area contributed by atoms with Gasteiger partial charge in [-0.05, 0) is 37.5 Å². The zero-order chi connectivity index (χ0) is 27.1. The van der Waals surface area contributed by atoms with Gasteiger partial charge < -0.3 is 16.0 Å². The number of aromatic nitrogens is 2. The summed E-state index contributed by atoms with van der Waals surface area (Å²) in [5.41, 5.74) is 8.53. The molecular formula is C26H33Cl2N6O3+. The van der Waals surface area contributed by atoms with Crippen molar-refractivity contribution in [3.8, 4) is 0 Å². The van der Waals surface area contributed by atoms with Crippen molar-refractivity contribution >= 4 is 63.7 Å². The number of hydrogen-bond donors (Lipinski definition) is 2. The summed E-state index contributed by atoms with van der Waals surface area (Å²) in [6.45, 7) is 1.59. The number of nitro groups is 1. The first-order chi connectivity index (χ1) is 17.6. The number of nitrogens with one attached hydrogen (secondary N) is 1. The lowest BCUT2D eigenvalue weighted by Gasteiger charge is -2.12. The minimum Gasteiger partial charge on any atom is -0.377 e. The number of fused-ring (bicyclic) bond motifs is 1. The van der Waals surface area contributed by atoms with Crippen LogP contribution in [0.1, 0.15) is 37.1 Å². The molecule has 3 aromatic rings. The standard InChI is InChI=1S/C26H32Cl2N6O3/c1-31(2)19-10-8-18(22(15-19)34(36)37)9-11-26-32(3)23-16-20(27)21(28)17-24(23)33(26)14-6-4-5-7-25(35)30-13-12-29/h8-11,15-17H,4-7,12-14,29H2,1-3H3/p+1. The predicted octanol–water partition coefficient (Wildman–Crippen LogP) is 4.55. The lowest BCUT2D eigenvalue weighted by Crippen LogP contribution is -2.31. The van der Waals surface area contributed by atoms with Crippen molar-refractivity contribution in [2.24, 2.45) is 12.8 Å². The summed E-state index contributed by atoms with van der Waals surface area (Å²) < 4.78 is 4.12. The molecule has 0 fully saturated rings. The summed E-state index contributed by atoms with van der Waals surface area (Å²) >= 11 is 12.6. The minimum absolute atomic E-state index is 0.00943. The van der Waals surface area contributed by atoms with Gasteiger partial charge in [0.2, 0.25) is 5.91 Å². The van der Waals surface area contributed by atoms with Crippen molar-refractivity contribution in [1.82, 2.24) is 9.88 Å². The summed E-state index contributed by atoms with van der Waals surface area (Å²) in [6, 6.07) is 8.83. The number of nitrogens with two attached hydrogens (primary N) is 1. The third-order valence-electron chi connectivity index (χ3n) is 6.18. The second kappa shape index (κ2) is 12.9. The van der Waals surface area contributed by atoms with E-state index in [2.05, 4.69) is 9.88 Å². The fourth-order valence-corrected chi connectivity index (χ4v) is 4.50. The number of nitrogens with zero attached hydrogens (tertiary/aromatic N) is 4. The monoisotopic (exact) mass is 547 g/mol. The average Bonchev–Trinajstić information content (AvgIpc) is 3.10. The van der Waals surface area contributed by atoms with Crippen LogP contribution in [0.5, 0.6) is 0 Å². The molecule has 0 radical (unpaired) electrons. The molecule has 1 amide bonds. The Morgan fingerprint density at radius 2 is 1.89 bits per heavy atom. The highest BCUT2D eigenvalue weighted by atomic mass is 35.5. The fraction of sp³-hybridized carbons (Fsp3) is 0.385. The first-order valence-electron chi connectivity index (χ1n) is 12.1. The van der Waals surface area contributed by atoms with E-state index in [-0.39, 0.29) is 16.5 Å². The predicted molar refractivity (Wildman–Crippen MR) is 150 cm³/mol. The molecule has 1 heterocycles. The molecule has 198 valence electrons. The van der Waals surface area contributed by atoms with Crippen LogP contribution in [0.4, 0.5) is 11.4 Å². The number of nitro benzene ring substituents is 1. The molecule has 0 unspecified atom stereocenters. The van der Waals surface area contributed by atoms with Gasteiger partial charge in [-0.3, -0.25) is 14.9 Å². The van der Waals surface area contributed by atoms with E-state index in [4.69, 9.17) is 28.9 Å². The molecule has 9 nitrogen and oxygen atoms in total. The number of rotatable bonds is 12. The quantitative estimate of drug-likeness (QED) is 0.149. The lowest BCUT2D eigenvalue weighted by molar-refractivity contribution is -0.647. The van der Waals surface area contributed by atoms with Gasteiger partial charge in [0, 0.05) is 63.6 Å². The van der Waals surface area contributed by atoms with Crippen molar-refractivity contribution in [3.63, 3.8) is 0 Å². The van der Waals surface area contributed by atoms with Gasteiger partial charge in [-0.25, -0.2) is 9.13 Å². The van der Waals surface area contributed by atoms with Crippen LogP contribution in [0.3, 0.4) is 0 Å². The van der Waals surface area contributed by atoms with Crippen LogP contribution >= 0.6 is 23.2 Å². The normalized spacial score (nSPS) is 11.4. The van der Waals surface area contributed by atoms with Crippen LogP contribution in [-0.4, -0.2) is 42.6 Å². The molecule has 0 saturated heterocycles. The zero-order valence-corrected chi connectivity index (χ0v) is 22.8. The number of imidazole rings is 1. The molecule has 0 atom stereocenters. The van der Waals surface area contributed by atoms with E-state index in [9.17, 15) is 14.9 Å². The number of anilines is 1.